The predicted molar refractivity (Wildman–Crippen MR) is 142 cm³/mol. The van der Waals surface area contributed by atoms with Gasteiger partial charge in [-0.2, -0.15) is 0 Å². The van der Waals surface area contributed by atoms with Gasteiger partial charge in [0.2, 0.25) is 0 Å². The average Bonchev–Trinajstić information content (AvgIpc) is 3.33. The summed E-state index contributed by atoms with van der Waals surface area (Å²) in [6, 6.07) is 23.2. The number of methoxy groups -OCH3 is 2. The summed E-state index contributed by atoms with van der Waals surface area (Å²) in [6.07, 6.45) is 0.822. The number of benzene rings is 3. The van der Waals surface area contributed by atoms with Crippen LogP contribution in [0.2, 0.25) is 0 Å². The van der Waals surface area contributed by atoms with Gasteiger partial charge in [0.05, 0.1) is 20.8 Å². The van der Waals surface area contributed by atoms with Crippen LogP contribution in [-0.4, -0.2) is 32.7 Å². The number of nitrogens with one attached hydrogen (secondary N) is 1. The minimum absolute atomic E-state index is 0.229. The lowest BCUT2D eigenvalue weighted by Crippen LogP contribution is -2.15. The normalized spacial score (nSPS) is 10.5. The summed E-state index contributed by atoms with van der Waals surface area (Å²) in [5.41, 5.74) is 4.70. The molecule has 0 spiro atoms. The van der Waals surface area contributed by atoms with Crippen molar-refractivity contribution in [2.75, 3.05) is 26.1 Å². The molecule has 1 amide bonds. The van der Waals surface area contributed by atoms with Crippen molar-refractivity contribution >= 4 is 28.2 Å². The molecule has 36 heavy (non-hydrogen) atoms. The van der Waals surface area contributed by atoms with Crippen LogP contribution in [0.15, 0.2) is 78.2 Å². The van der Waals surface area contributed by atoms with Crippen LogP contribution in [0.4, 0.5) is 5.00 Å². The Kier molecular flexibility index (Phi) is 8.02. The summed E-state index contributed by atoms with van der Waals surface area (Å²) in [4.78, 5) is 26.0. The summed E-state index contributed by atoms with van der Waals surface area (Å²) in [5, 5.41) is 5.16. The third-order valence-electron chi connectivity index (χ3n) is 5.66. The van der Waals surface area contributed by atoms with Gasteiger partial charge in [0, 0.05) is 16.5 Å². The predicted octanol–water partition coefficient (Wildman–Crippen LogP) is 6.45. The molecule has 4 rings (SSSR count). The van der Waals surface area contributed by atoms with Crippen molar-refractivity contribution < 1.29 is 23.8 Å². The van der Waals surface area contributed by atoms with E-state index in [2.05, 4.69) is 29.6 Å². The van der Waals surface area contributed by atoms with Crippen molar-refractivity contribution in [3.05, 3.63) is 100 Å². The Morgan fingerprint density at radius 1 is 0.861 bits per heavy atom. The van der Waals surface area contributed by atoms with E-state index >= 15 is 0 Å². The zero-order valence-corrected chi connectivity index (χ0v) is 21.2. The highest BCUT2D eigenvalue weighted by Crippen LogP contribution is 2.37. The number of ether oxygens (including phenoxy) is 3. The van der Waals surface area contributed by atoms with Gasteiger partial charge in [0.1, 0.15) is 10.6 Å². The number of thiophene rings is 1. The van der Waals surface area contributed by atoms with Crippen LogP contribution >= 0.6 is 11.3 Å². The first kappa shape index (κ1) is 25.0. The molecule has 0 radical (unpaired) electrons. The van der Waals surface area contributed by atoms with Gasteiger partial charge >= 0.3 is 5.97 Å². The van der Waals surface area contributed by atoms with Gasteiger partial charge < -0.3 is 19.5 Å². The number of carbonyl (C=O) groups is 2. The summed E-state index contributed by atoms with van der Waals surface area (Å²) in [6.45, 7) is 1.98. The van der Waals surface area contributed by atoms with E-state index in [4.69, 9.17) is 14.2 Å². The third-order valence-corrected chi connectivity index (χ3v) is 6.55. The molecule has 184 valence electrons. The first-order valence-corrected chi connectivity index (χ1v) is 12.4. The zero-order chi connectivity index (χ0) is 25.5. The maximum absolute atomic E-state index is 13.0. The Labute approximate surface area is 214 Å². The molecular formula is C29H27NO5S. The third kappa shape index (κ3) is 5.58. The average molecular weight is 502 g/mol. The highest BCUT2D eigenvalue weighted by Gasteiger charge is 2.23. The Balaban J connectivity index is 1.61. The molecule has 0 unspecified atom stereocenters. The lowest BCUT2D eigenvalue weighted by atomic mass is 9.99. The molecule has 0 aliphatic carbocycles. The summed E-state index contributed by atoms with van der Waals surface area (Å²) >= 11 is 1.28. The maximum Gasteiger partial charge on any atom is 0.341 e. The molecular weight excluding hydrogens is 474 g/mol. The first-order chi connectivity index (χ1) is 17.5. The minimum atomic E-state index is -0.482. The van der Waals surface area contributed by atoms with Gasteiger partial charge in [-0.1, -0.05) is 54.6 Å². The maximum atomic E-state index is 13.0. The van der Waals surface area contributed by atoms with Gasteiger partial charge in [-0.05, 0) is 48.2 Å². The SMILES string of the molecule is CCOC(=O)c1c(-c2ccc(Cc3ccccc3)cc2)csc1NC(=O)c1ccc(OC)c(OC)c1. The topological polar surface area (TPSA) is 73.9 Å². The monoisotopic (exact) mass is 501 g/mol. The van der Waals surface area contributed by atoms with Crippen molar-refractivity contribution in [3.8, 4) is 22.6 Å². The van der Waals surface area contributed by atoms with Gasteiger partial charge in [-0.3, -0.25) is 4.79 Å². The van der Waals surface area contributed by atoms with E-state index in [1.807, 2.05) is 35.7 Å². The van der Waals surface area contributed by atoms with E-state index in [0.717, 1.165) is 12.0 Å². The standard InChI is InChI=1S/C29H27NO5S/c1-4-35-29(32)26-23(21-12-10-20(11-13-21)16-19-8-6-5-7-9-19)18-36-28(26)30-27(31)22-14-15-24(33-2)25(17-22)34-3/h5-15,17-18H,4,16H2,1-3H3,(H,30,31). The quantitative estimate of drug-likeness (QED) is 0.267. The molecule has 0 bridgehead atoms. The summed E-state index contributed by atoms with van der Waals surface area (Å²) < 4.78 is 15.9. The molecule has 0 fully saturated rings. The Morgan fingerprint density at radius 2 is 1.56 bits per heavy atom. The molecule has 0 aliphatic rings. The minimum Gasteiger partial charge on any atom is -0.493 e. The highest BCUT2D eigenvalue weighted by atomic mass is 32.1. The molecule has 3 aromatic carbocycles. The molecule has 7 heteroatoms. The fourth-order valence-electron chi connectivity index (χ4n) is 3.85. The fraction of sp³-hybridized carbons (Fsp3) is 0.172. The van der Waals surface area contributed by atoms with E-state index < -0.39 is 5.97 Å². The highest BCUT2D eigenvalue weighted by molar-refractivity contribution is 7.15. The van der Waals surface area contributed by atoms with Crippen molar-refractivity contribution in [2.24, 2.45) is 0 Å². The second kappa shape index (κ2) is 11.6. The second-order valence-corrected chi connectivity index (χ2v) is 8.84. The molecule has 0 atom stereocenters. The summed E-state index contributed by atoms with van der Waals surface area (Å²) in [5.74, 6) is 0.117. The Bertz CT molecular complexity index is 1350. The van der Waals surface area contributed by atoms with Crippen molar-refractivity contribution in [2.45, 2.75) is 13.3 Å². The number of amides is 1. The molecule has 1 N–H and O–H groups in total. The largest absolute Gasteiger partial charge is 0.493 e. The van der Waals surface area contributed by atoms with Crippen LogP contribution in [0.25, 0.3) is 11.1 Å². The van der Waals surface area contributed by atoms with E-state index in [1.54, 1.807) is 25.1 Å². The number of esters is 1. The lowest BCUT2D eigenvalue weighted by Gasteiger charge is -2.11. The van der Waals surface area contributed by atoms with Gasteiger partial charge in [-0.25, -0.2) is 4.79 Å². The fourth-order valence-corrected chi connectivity index (χ4v) is 4.81. The van der Waals surface area contributed by atoms with Crippen LogP contribution in [0.5, 0.6) is 11.5 Å². The van der Waals surface area contributed by atoms with E-state index in [-0.39, 0.29) is 12.5 Å². The second-order valence-electron chi connectivity index (χ2n) is 7.96. The van der Waals surface area contributed by atoms with Crippen LogP contribution in [0, 0.1) is 0 Å². The smallest absolute Gasteiger partial charge is 0.341 e. The number of rotatable bonds is 9. The van der Waals surface area contributed by atoms with Crippen molar-refractivity contribution in [3.63, 3.8) is 0 Å². The number of hydrogen-bond acceptors (Lipinski definition) is 6. The van der Waals surface area contributed by atoms with Crippen LogP contribution in [0.3, 0.4) is 0 Å². The molecule has 4 aromatic rings. The van der Waals surface area contributed by atoms with Crippen LogP contribution in [-0.2, 0) is 11.2 Å². The van der Waals surface area contributed by atoms with Gasteiger partial charge in [-0.15, -0.1) is 11.3 Å². The summed E-state index contributed by atoms with van der Waals surface area (Å²) in [7, 11) is 3.04. The molecule has 0 saturated carbocycles. The molecule has 0 aliphatic heterocycles. The van der Waals surface area contributed by atoms with Crippen LogP contribution < -0.4 is 14.8 Å². The molecule has 6 nitrogen and oxygen atoms in total. The van der Waals surface area contributed by atoms with E-state index in [0.29, 0.717) is 33.2 Å². The number of anilines is 1. The van der Waals surface area contributed by atoms with Crippen molar-refractivity contribution in [1.82, 2.24) is 0 Å². The zero-order valence-electron chi connectivity index (χ0n) is 20.4. The van der Waals surface area contributed by atoms with Gasteiger partial charge in [0.25, 0.3) is 5.91 Å². The number of carbonyl (C=O) groups excluding carboxylic acids is 2. The Hall–Kier alpha value is -4.10. The van der Waals surface area contributed by atoms with Crippen LogP contribution in [0.1, 0.15) is 38.8 Å². The molecule has 1 heterocycles. The van der Waals surface area contributed by atoms with E-state index in [1.165, 1.54) is 36.7 Å². The van der Waals surface area contributed by atoms with E-state index in [9.17, 15) is 9.59 Å². The first-order valence-electron chi connectivity index (χ1n) is 11.5. The van der Waals surface area contributed by atoms with Crippen molar-refractivity contribution in [1.29, 1.82) is 0 Å². The lowest BCUT2D eigenvalue weighted by molar-refractivity contribution is 0.0529. The Morgan fingerprint density at radius 3 is 2.22 bits per heavy atom. The number of hydrogen-bond donors (Lipinski definition) is 1. The van der Waals surface area contributed by atoms with Gasteiger partial charge in [0.15, 0.2) is 11.5 Å². The molecule has 1 aromatic heterocycles. The molecule has 0 saturated heterocycles.